The van der Waals surface area contributed by atoms with Crippen molar-refractivity contribution in [3.05, 3.63) is 40.7 Å². The fraction of sp³-hybridized carbons (Fsp3) is 0.455. The van der Waals surface area contributed by atoms with Gasteiger partial charge in [0.25, 0.3) is 11.8 Å². The van der Waals surface area contributed by atoms with Crippen molar-refractivity contribution >= 4 is 39.1 Å². The minimum atomic E-state index is -0.234. The molecular formula is C22H28N6O3S. The number of rotatable bonds is 7. The van der Waals surface area contributed by atoms with Gasteiger partial charge >= 0.3 is 0 Å². The lowest BCUT2D eigenvalue weighted by atomic mass is 10.1. The Balaban J connectivity index is 1.43. The Morgan fingerprint density at radius 2 is 2.03 bits per heavy atom. The minimum Gasteiger partial charge on any atom is -0.381 e. The standard InChI is InChI=1S/C22H28N6O3S/c1-14-17-12-19(32-22(17)28(26-14)16-6-10-31-11-7-16)21(30)25-15-4-5-18(24-13-15)20(29)23-8-9-27(2)3/h4-5,12-13,16H,6-11H2,1-3H3,(H,23,29)(H,25,30). The number of nitrogens with one attached hydrogen (secondary N) is 2. The van der Waals surface area contributed by atoms with Crippen molar-refractivity contribution in [3.63, 3.8) is 0 Å². The molecule has 1 fully saturated rings. The molecule has 0 aliphatic carbocycles. The maximum absolute atomic E-state index is 12.8. The third-order valence-corrected chi connectivity index (χ3v) is 6.55. The number of hydrogen-bond acceptors (Lipinski definition) is 7. The van der Waals surface area contributed by atoms with Crippen LogP contribution in [0.5, 0.6) is 0 Å². The lowest BCUT2D eigenvalue weighted by molar-refractivity contribution is 0.0675. The van der Waals surface area contributed by atoms with E-state index in [0.717, 1.165) is 48.5 Å². The number of anilines is 1. The lowest BCUT2D eigenvalue weighted by Crippen LogP contribution is -2.31. The number of ether oxygens (including phenoxy) is 1. The first-order chi connectivity index (χ1) is 15.4. The van der Waals surface area contributed by atoms with Crippen molar-refractivity contribution in [1.29, 1.82) is 0 Å². The summed E-state index contributed by atoms with van der Waals surface area (Å²) in [5.41, 5.74) is 1.78. The Bertz CT molecular complexity index is 1100. The van der Waals surface area contributed by atoms with Gasteiger partial charge < -0.3 is 20.3 Å². The molecule has 4 heterocycles. The quantitative estimate of drug-likeness (QED) is 0.567. The molecule has 10 heteroatoms. The summed E-state index contributed by atoms with van der Waals surface area (Å²) in [6.07, 6.45) is 3.36. The number of carbonyl (C=O) groups is 2. The number of thiophene rings is 1. The van der Waals surface area contributed by atoms with E-state index in [0.29, 0.717) is 28.8 Å². The second kappa shape index (κ2) is 9.76. The number of aromatic nitrogens is 3. The largest absolute Gasteiger partial charge is 0.381 e. The van der Waals surface area contributed by atoms with Gasteiger partial charge in [-0.2, -0.15) is 5.10 Å². The summed E-state index contributed by atoms with van der Waals surface area (Å²) < 4.78 is 7.52. The summed E-state index contributed by atoms with van der Waals surface area (Å²) in [7, 11) is 3.89. The van der Waals surface area contributed by atoms with Crippen molar-refractivity contribution < 1.29 is 14.3 Å². The van der Waals surface area contributed by atoms with Gasteiger partial charge in [0.1, 0.15) is 10.5 Å². The number of fused-ring (bicyclic) bond motifs is 1. The number of aryl methyl sites for hydroxylation is 1. The van der Waals surface area contributed by atoms with Crippen LogP contribution in [0.1, 0.15) is 44.7 Å². The molecule has 0 spiro atoms. The molecule has 0 radical (unpaired) electrons. The molecule has 32 heavy (non-hydrogen) atoms. The van der Waals surface area contributed by atoms with Gasteiger partial charge in [0.15, 0.2) is 0 Å². The van der Waals surface area contributed by atoms with Gasteiger partial charge in [0.05, 0.1) is 28.5 Å². The van der Waals surface area contributed by atoms with Crippen LogP contribution in [-0.2, 0) is 4.74 Å². The van der Waals surface area contributed by atoms with Gasteiger partial charge in [-0.1, -0.05) is 0 Å². The first-order valence-electron chi connectivity index (χ1n) is 10.7. The zero-order valence-electron chi connectivity index (χ0n) is 18.6. The number of nitrogens with zero attached hydrogens (tertiary/aromatic N) is 4. The van der Waals surface area contributed by atoms with E-state index in [9.17, 15) is 9.59 Å². The van der Waals surface area contributed by atoms with Crippen molar-refractivity contribution in [1.82, 2.24) is 25.0 Å². The summed E-state index contributed by atoms with van der Waals surface area (Å²) in [6, 6.07) is 5.50. The molecule has 170 valence electrons. The molecule has 0 aromatic carbocycles. The number of carbonyl (C=O) groups excluding carboxylic acids is 2. The number of amides is 2. The van der Waals surface area contributed by atoms with Crippen LogP contribution in [0.25, 0.3) is 10.2 Å². The van der Waals surface area contributed by atoms with E-state index in [1.807, 2.05) is 32.0 Å². The van der Waals surface area contributed by atoms with E-state index in [1.165, 1.54) is 17.5 Å². The maximum Gasteiger partial charge on any atom is 0.269 e. The second-order valence-electron chi connectivity index (χ2n) is 8.15. The predicted octanol–water partition coefficient (Wildman–Crippen LogP) is 2.70. The Hall–Kier alpha value is -2.82. The van der Waals surface area contributed by atoms with Crippen LogP contribution in [0.3, 0.4) is 0 Å². The second-order valence-corrected chi connectivity index (χ2v) is 9.18. The highest BCUT2D eigenvalue weighted by atomic mass is 32.1. The van der Waals surface area contributed by atoms with Crippen LogP contribution in [0, 0.1) is 6.92 Å². The van der Waals surface area contributed by atoms with Crippen LogP contribution >= 0.6 is 11.3 Å². The first-order valence-corrected chi connectivity index (χ1v) is 11.5. The average Bonchev–Trinajstić information content (AvgIpc) is 3.35. The fourth-order valence-electron chi connectivity index (χ4n) is 3.64. The molecule has 2 amide bonds. The van der Waals surface area contributed by atoms with Gasteiger partial charge in [-0.15, -0.1) is 11.3 Å². The molecular weight excluding hydrogens is 428 g/mol. The molecule has 0 saturated carbocycles. The SMILES string of the molecule is Cc1nn(C2CCOCC2)c2sc(C(=O)Nc3ccc(C(=O)NCCN(C)C)nc3)cc12. The topological polar surface area (TPSA) is 101 Å². The van der Waals surface area contributed by atoms with Gasteiger partial charge in [0, 0.05) is 31.7 Å². The molecule has 2 N–H and O–H groups in total. The first kappa shape index (κ1) is 22.4. The summed E-state index contributed by atoms with van der Waals surface area (Å²) in [6.45, 7) is 4.74. The molecule has 0 atom stereocenters. The highest BCUT2D eigenvalue weighted by Crippen LogP contribution is 2.33. The maximum atomic E-state index is 12.8. The summed E-state index contributed by atoms with van der Waals surface area (Å²) in [4.78, 5) is 32.8. The normalized spacial score (nSPS) is 14.8. The van der Waals surface area contributed by atoms with Crippen molar-refractivity contribution in [2.24, 2.45) is 0 Å². The molecule has 9 nitrogen and oxygen atoms in total. The van der Waals surface area contributed by atoms with E-state index in [2.05, 4.69) is 20.3 Å². The Labute approximate surface area is 190 Å². The van der Waals surface area contributed by atoms with E-state index < -0.39 is 0 Å². The Kier molecular flexibility index (Phi) is 6.83. The molecule has 3 aromatic heterocycles. The molecule has 1 saturated heterocycles. The highest BCUT2D eigenvalue weighted by Gasteiger charge is 2.23. The minimum absolute atomic E-state index is 0.200. The molecule has 3 aromatic rings. The zero-order valence-corrected chi connectivity index (χ0v) is 19.4. The monoisotopic (exact) mass is 456 g/mol. The van der Waals surface area contributed by atoms with Gasteiger partial charge in [-0.25, -0.2) is 4.98 Å². The van der Waals surface area contributed by atoms with Crippen LogP contribution in [0.4, 0.5) is 5.69 Å². The molecule has 1 aliphatic heterocycles. The smallest absolute Gasteiger partial charge is 0.269 e. The Morgan fingerprint density at radius 1 is 1.25 bits per heavy atom. The highest BCUT2D eigenvalue weighted by molar-refractivity contribution is 7.20. The Morgan fingerprint density at radius 3 is 2.72 bits per heavy atom. The molecule has 0 bridgehead atoms. The van der Waals surface area contributed by atoms with Crippen molar-refractivity contribution in [2.45, 2.75) is 25.8 Å². The molecule has 0 unspecified atom stereocenters. The van der Waals surface area contributed by atoms with Crippen molar-refractivity contribution in [3.8, 4) is 0 Å². The third-order valence-electron chi connectivity index (χ3n) is 5.43. The number of likely N-dealkylation sites (N-methyl/N-ethyl adjacent to an activating group) is 1. The van der Waals surface area contributed by atoms with Crippen LogP contribution in [0.2, 0.25) is 0 Å². The average molecular weight is 457 g/mol. The summed E-state index contributed by atoms with van der Waals surface area (Å²) in [5.74, 6) is -0.434. The van der Waals surface area contributed by atoms with E-state index >= 15 is 0 Å². The van der Waals surface area contributed by atoms with Gasteiger partial charge in [-0.3, -0.25) is 14.3 Å². The fourth-order valence-corrected chi connectivity index (χ4v) is 4.77. The van der Waals surface area contributed by atoms with Crippen LogP contribution in [0.15, 0.2) is 24.4 Å². The van der Waals surface area contributed by atoms with E-state index in [4.69, 9.17) is 9.84 Å². The summed E-state index contributed by atoms with van der Waals surface area (Å²) >= 11 is 1.44. The molecule has 4 rings (SSSR count). The zero-order chi connectivity index (χ0) is 22.7. The lowest BCUT2D eigenvalue weighted by Gasteiger charge is -2.22. The van der Waals surface area contributed by atoms with Gasteiger partial charge in [-0.05, 0) is 52.1 Å². The number of hydrogen-bond donors (Lipinski definition) is 2. The number of pyridine rings is 1. The third kappa shape index (κ3) is 4.98. The van der Waals surface area contributed by atoms with E-state index in [-0.39, 0.29) is 11.8 Å². The van der Waals surface area contributed by atoms with Crippen LogP contribution < -0.4 is 10.6 Å². The summed E-state index contributed by atoms with van der Waals surface area (Å²) in [5, 5.41) is 11.4. The van der Waals surface area contributed by atoms with Gasteiger partial charge in [0.2, 0.25) is 0 Å². The van der Waals surface area contributed by atoms with Crippen LogP contribution in [-0.4, -0.2) is 71.9 Å². The molecule has 1 aliphatic rings. The van der Waals surface area contributed by atoms with Crippen molar-refractivity contribution in [2.75, 3.05) is 45.7 Å². The van der Waals surface area contributed by atoms with E-state index in [1.54, 1.807) is 12.1 Å². The predicted molar refractivity (Wildman–Crippen MR) is 125 cm³/mol.